The number of benzene rings is 2. The Balaban J connectivity index is 1.35. The van der Waals surface area contributed by atoms with Crippen LogP contribution in [-0.2, 0) is 17.7 Å². The first-order valence-electron chi connectivity index (χ1n) is 12.2. The molecule has 1 unspecified atom stereocenters. The molecule has 2 aliphatic heterocycles. The van der Waals surface area contributed by atoms with Gasteiger partial charge in [-0.3, -0.25) is 10.1 Å². The molecular formula is C27H32N4O4. The van der Waals surface area contributed by atoms with E-state index >= 15 is 0 Å². The fourth-order valence-corrected chi connectivity index (χ4v) is 5.12. The monoisotopic (exact) mass is 476 g/mol. The maximum Gasteiger partial charge on any atom is 0.278 e. The molecule has 8 nitrogen and oxygen atoms in total. The van der Waals surface area contributed by atoms with E-state index in [1.807, 2.05) is 62.0 Å². The fraction of sp³-hybridized carbons (Fsp3) is 0.444. The van der Waals surface area contributed by atoms with Crippen LogP contribution in [0.3, 0.4) is 0 Å². The first kappa shape index (κ1) is 23.4. The van der Waals surface area contributed by atoms with Crippen LogP contribution in [0.2, 0.25) is 0 Å². The average molecular weight is 477 g/mol. The number of rotatable bonds is 6. The van der Waals surface area contributed by atoms with Crippen LogP contribution in [0.5, 0.6) is 5.75 Å². The predicted octanol–water partition coefficient (Wildman–Crippen LogP) is 6.10. The van der Waals surface area contributed by atoms with Crippen molar-refractivity contribution in [2.24, 2.45) is 0 Å². The zero-order valence-electron chi connectivity index (χ0n) is 20.8. The van der Waals surface area contributed by atoms with E-state index in [0.29, 0.717) is 24.1 Å². The van der Waals surface area contributed by atoms with Gasteiger partial charge in [0.15, 0.2) is 0 Å². The molecule has 184 valence electrons. The number of nitro benzene ring substituents is 1. The van der Waals surface area contributed by atoms with E-state index in [1.165, 1.54) is 0 Å². The van der Waals surface area contributed by atoms with Crippen LogP contribution in [0.25, 0.3) is 11.3 Å². The first-order chi connectivity index (χ1) is 16.7. The normalized spacial score (nSPS) is 18.7. The Morgan fingerprint density at radius 3 is 2.63 bits per heavy atom. The van der Waals surface area contributed by atoms with E-state index in [0.717, 1.165) is 59.7 Å². The van der Waals surface area contributed by atoms with Crippen LogP contribution in [0.4, 0.5) is 11.4 Å². The average Bonchev–Trinajstić information content (AvgIpc) is 3.46. The Hall–Kier alpha value is -3.39. The molecule has 3 aromatic rings. The Morgan fingerprint density at radius 2 is 1.94 bits per heavy atom. The van der Waals surface area contributed by atoms with Crippen molar-refractivity contribution in [1.29, 1.82) is 0 Å². The molecule has 2 aromatic carbocycles. The summed E-state index contributed by atoms with van der Waals surface area (Å²) in [6.07, 6.45) is 5.89. The zero-order chi connectivity index (χ0) is 24.7. The number of hydrogen-bond donors (Lipinski definition) is 1. The Bertz CT molecular complexity index is 1260. The smallest absolute Gasteiger partial charge is 0.278 e. The van der Waals surface area contributed by atoms with Crippen molar-refractivity contribution in [3.05, 3.63) is 68.9 Å². The van der Waals surface area contributed by atoms with Crippen molar-refractivity contribution < 1.29 is 14.4 Å². The Kier molecular flexibility index (Phi) is 6.01. The van der Waals surface area contributed by atoms with Crippen LogP contribution in [0, 0.1) is 24.0 Å². The van der Waals surface area contributed by atoms with Gasteiger partial charge in [0, 0.05) is 53.7 Å². The van der Waals surface area contributed by atoms with Crippen LogP contribution in [0.1, 0.15) is 61.6 Å². The number of anilines is 1. The Labute approximate surface area is 205 Å². The van der Waals surface area contributed by atoms with E-state index in [1.54, 1.807) is 6.92 Å². The van der Waals surface area contributed by atoms with Gasteiger partial charge in [-0.1, -0.05) is 12.1 Å². The summed E-state index contributed by atoms with van der Waals surface area (Å²) in [5, 5.41) is 20.1. The number of hydrogen-bond acceptors (Lipinski definition) is 6. The van der Waals surface area contributed by atoms with E-state index in [9.17, 15) is 10.1 Å². The van der Waals surface area contributed by atoms with Crippen molar-refractivity contribution in [2.75, 3.05) is 11.9 Å². The highest BCUT2D eigenvalue weighted by Gasteiger charge is 2.38. The summed E-state index contributed by atoms with van der Waals surface area (Å²) >= 11 is 0. The molecule has 0 spiro atoms. The zero-order valence-corrected chi connectivity index (χ0v) is 20.8. The van der Waals surface area contributed by atoms with E-state index in [4.69, 9.17) is 14.6 Å². The maximum atomic E-state index is 12.0. The summed E-state index contributed by atoms with van der Waals surface area (Å²) in [6.45, 7) is 8.88. The lowest BCUT2D eigenvalue weighted by molar-refractivity contribution is -0.386. The van der Waals surface area contributed by atoms with Crippen molar-refractivity contribution in [1.82, 2.24) is 9.78 Å². The van der Waals surface area contributed by atoms with Gasteiger partial charge in [-0.2, -0.15) is 5.10 Å². The molecule has 2 aliphatic rings. The lowest BCUT2D eigenvalue weighted by Crippen LogP contribution is -2.25. The largest absolute Gasteiger partial charge is 0.487 e. The molecule has 0 radical (unpaired) electrons. The van der Waals surface area contributed by atoms with Gasteiger partial charge in [0.1, 0.15) is 17.6 Å². The molecule has 3 heterocycles. The van der Waals surface area contributed by atoms with Crippen LogP contribution in [0.15, 0.2) is 36.5 Å². The van der Waals surface area contributed by atoms with Gasteiger partial charge >= 0.3 is 0 Å². The molecule has 35 heavy (non-hydrogen) atoms. The van der Waals surface area contributed by atoms with E-state index < -0.39 is 0 Å². The third kappa shape index (κ3) is 4.50. The summed E-state index contributed by atoms with van der Waals surface area (Å²) in [5.41, 5.74) is 5.76. The number of ether oxygens (including phenoxy) is 2. The molecule has 0 bridgehead atoms. The SMILES string of the molecule is Cc1c(C)c([N+](=O)[O-])c(CNc2ccc(-c3ccn(C4CCCCO4)n3)cc2)c2c1OC(C)(C)C2. The quantitative estimate of drug-likeness (QED) is 0.341. The van der Waals surface area contributed by atoms with Crippen LogP contribution >= 0.6 is 0 Å². The second-order valence-corrected chi connectivity index (χ2v) is 10.1. The fourth-order valence-electron chi connectivity index (χ4n) is 5.12. The summed E-state index contributed by atoms with van der Waals surface area (Å²) < 4.78 is 13.9. The van der Waals surface area contributed by atoms with Crippen molar-refractivity contribution >= 4 is 11.4 Å². The number of fused-ring (bicyclic) bond motifs is 1. The highest BCUT2D eigenvalue weighted by molar-refractivity contribution is 5.66. The predicted molar refractivity (Wildman–Crippen MR) is 135 cm³/mol. The van der Waals surface area contributed by atoms with Gasteiger partial charge in [0.2, 0.25) is 0 Å². The molecule has 8 heteroatoms. The molecule has 1 aromatic heterocycles. The van der Waals surface area contributed by atoms with E-state index in [2.05, 4.69) is 5.32 Å². The lowest BCUT2D eigenvalue weighted by atomic mass is 9.91. The van der Waals surface area contributed by atoms with Gasteiger partial charge < -0.3 is 14.8 Å². The highest BCUT2D eigenvalue weighted by atomic mass is 16.6. The van der Waals surface area contributed by atoms with Gasteiger partial charge in [0.05, 0.1) is 16.2 Å². The highest BCUT2D eigenvalue weighted by Crippen LogP contribution is 2.45. The van der Waals surface area contributed by atoms with Crippen LogP contribution in [-0.4, -0.2) is 26.9 Å². The van der Waals surface area contributed by atoms with Gasteiger partial charge in [-0.05, 0) is 65.2 Å². The molecular weight excluding hydrogens is 444 g/mol. The minimum atomic E-state index is -0.378. The van der Waals surface area contributed by atoms with Crippen molar-refractivity contribution in [2.45, 2.75) is 71.8 Å². The lowest BCUT2D eigenvalue weighted by Gasteiger charge is -2.22. The summed E-state index contributed by atoms with van der Waals surface area (Å²) in [7, 11) is 0. The number of nitrogens with one attached hydrogen (secondary N) is 1. The molecule has 1 saturated heterocycles. The molecule has 1 fully saturated rings. The topological polar surface area (TPSA) is 91.5 Å². The number of aromatic nitrogens is 2. The number of nitrogens with zero attached hydrogens (tertiary/aromatic N) is 3. The second kappa shape index (κ2) is 9.00. The maximum absolute atomic E-state index is 12.0. The summed E-state index contributed by atoms with van der Waals surface area (Å²) in [6, 6.07) is 10.0. The van der Waals surface area contributed by atoms with E-state index in [-0.39, 0.29) is 22.4 Å². The number of nitro groups is 1. The summed E-state index contributed by atoms with van der Waals surface area (Å²) in [4.78, 5) is 11.7. The molecule has 0 amide bonds. The van der Waals surface area contributed by atoms with Gasteiger partial charge in [-0.25, -0.2) is 4.68 Å². The van der Waals surface area contributed by atoms with Gasteiger partial charge in [0.25, 0.3) is 5.69 Å². The molecule has 5 rings (SSSR count). The third-order valence-corrected chi connectivity index (χ3v) is 7.05. The second-order valence-electron chi connectivity index (χ2n) is 10.1. The first-order valence-corrected chi connectivity index (χ1v) is 12.2. The standard InChI is InChI=1S/C27H32N4O4/c1-17-18(2)26-21(15-27(3,4)35-26)22(25(17)31(32)33)16-28-20-10-8-19(9-11-20)23-12-13-30(29-23)24-7-5-6-14-34-24/h8-13,24,28H,5-7,14-16H2,1-4H3. The van der Waals surface area contributed by atoms with Gasteiger partial charge in [-0.15, -0.1) is 0 Å². The third-order valence-electron chi connectivity index (χ3n) is 7.05. The Morgan fingerprint density at radius 1 is 1.17 bits per heavy atom. The van der Waals surface area contributed by atoms with Crippen molar-refractivity contribution in [3.63, 3.8) is 0 Å². The molecule has 1 N–H and O–H groups in total. The van der Waals surface area contributed by atoms with Crippen LogP contribution < -0.4 is 10.1 Å². The molecule has 0 saturated carbocycles. The summed E-state index contributed by atoms with van der Waals surface area (Å²) in [5.74, 6) is 0.794. The molecule has 0 aliphatic carbocycles. The van der Waals surface area contributed by atoms with Crippen molar-refractivity contribution in [3.8, 4) is 17.0 Å². The molecule has 1 atom stereocenters. The minimum Gasteiger partial charge on any atom is -0.487 e. The minimum absolute atomic E-state index is 0.0166.